The van der Waals surface area contributed by atoms with Gasteiger partial charge in [-0.3, -0.25) is 0 Å². The van der Waals surface area contributed by atoms with E-state index in [1.807, 2.05) is 18.3 Å². The van der Waals surface area contributed by atoms with Crippen molar-refractivity contribution in [2.24, 2.45) is 5.73 Å². The van der Waals surface area contributed by atoms with Crippen molar-refractivity contribution in [1.29, 1.82) is 0 Å². The molecule has 3 atom stereocenters. The molecule has 3 heteroatoms. The Bertz CT molecular complexity index is 309. The van der Waals surface area contributed by atoms with Gasteiger partial charge in [-0.2, -0.15) is 0 Å². The molecule has 0 fully saturated rings. The molecule has 0 spiro atoms. The summed E-state index contributed by atoms with van der Waals surface area (Å²) in [7, 11) is 0. The second kappa shape index (κ2) is 6.38. The van der Waals surface area contributed by atoms with Crippen LogP contribution >= 0.6 is 11.3 Å². The number of aliphatic hydroxyl groups excluding tert-OH is 1. The van der Waals surface area contributed by atoms with Crippen molar-refractivity contribution in [3.63, 3.8) is 0 Å². The highest BCUT2D eigenvalue weighted by atomic mass is 32.1. The van der Waals surface area contributed by atoms with Gasteiger partial charge >= 0.3 is 0 Å². The zero-order chi connectivity index (χ0) is 12.1. The van der Waals surface area contributed by atoms with Crippen LogP contribution in [0.15, 0.2) is 12.1 Å². The maximum absolute atomic E-state index is 9.75. The lowest BCUT2D eigenvalue weighted by Crippen LogP contribution is -2.32. The van der Waals surface area contributed by atoms with Crippen molar-refractivity contribution in [3.05, 3.63) is 21.9 Å². The first kappa shape index (κ1) is 13.7. The number of hydrogen-bond donors (Lipinski definition) is 2. The largest absolute Gasteiger partial charge is 0.392 e. The quantitative estimate of drug-likeness (QED) is 0.804. The van der Waals surface area contributed by atoms with Crippen molar-refractivity contribution < 1.29 is 5.11 Å². The minimum atomic E-state index is -0.397. The molecule has 2 nitrogen and oxygen atoms in total. The highest BCUT2D eigenvalue weighted by Crippen LogP contribution is 2.29. The lowest BCUT2D eigenvalue weighted by molar-refractivity contribution is 0.135. The van der Waals surface area contributed by atoms with Gasteiger partial charge < -0.3 is 10.8 Å². The summed E-state index contributed by atoms with van der Waals surface area (Å²) in [5.74, 6) is 0.400. The van der Waals surface area contributed by atoms with Crippen LogP contribution in [0.4, 0.5) is 0 Å². The van der Waals surface area contributed by atoms with Crippen molar-refractivity contribution in [1.82, 2.24) is 0 Å². The van der Waals surface area contributed by atoms with Gasteiger partial charge in [0.25, 0.3) is 0 Å². The zero-order valence-corrected chi connectivity index (χ0v) is 11.3. The average molecular weight is 241 g/mol. The summed E-state index contributed by atoms with van der Waals surface area (Å²) < 4.78 is 0. The predicted molar refractivity (Wildman–Crippen MR) is 71.0 cm³/mol. The number of aliphatic hydroxyl groups is 1. The van der Waals surface area contributed by atoms with Crippen molar-refractivity contribution in [2.45, 2.75) is 58.1 Å². The molecule has 0 saturated carbocycles. The molecular weight excluding hydrogens is 218 g/mol. The van der Waals surface area contributed by atoms with E-state index >= 15 is 0 Å². The number of thiophene rings is 1. The molecule has 16 heavy (non-hydrogen) atoms. The molecule has 0 aromatic carbocycles. The van der Waals surface area contributed by atoms with E-state index in [0.717, 1.165) is 12.8 Å². The molecule has 0 bridgehead atoms. The van der Waals surface area contributed by atoms with Gasteiger partial charge in [-0.15, -0.1) is 11.3 Å². The Balaban J connectivity index is 2.55. The summed E-state index contributed by atoms with van der Waals surface area (Å²) in [4.78, 5) is 2.81. The Hall–Kier alpha value is -0.380. The average Bonchev–Trinajstić information content (AvgIpc) is 2.66. The van der Waals surface area contributed by atoms with Gasteiger partial charge in [-0.1, -0.05) is 20.3 Å². The summed E-state index contributed by atoms with van der Waals surface area (Å²) in [6.07, 6.45) is 2.71. The number of hydrogen-bond acceptors (Lipinski definition) is 3. The van der Waals surface area contributed by atoms with Crippen LogP contribution in [-0.2, 0) is 6.42 Å². The van der Waals surface area contributed by atoms with Gasteiger partial charge in [0.15, 0.2) is 0 Å². The predicted octanol–water partition coefficient (Wildman–Crippen LogP) is 2.90. The van der Waals surface area contributed by atoms with Crippen molar-refractivity contribution in [3.8, 4) is 0 Å². The summed E-state index contributed by atoms with van der Waals surface area (Å²) in [5.41, 5.74) is 5.67. The Morgan fingerprint density at radius 1 is 1.38 bits per heavy atom. The Morgan fingerprint density at radius 2 is 2.06 bits per heavy atom. The van der Waals surface area contributed by atoms with Gasteiger partial charge in [0.05, 0.1) is 6.10 Å². The molecule has 0 aliphatic heterocycles. The van der Waals surface area contributed by atoms with Crippen LogP contribution in [0, 0.1) is 0 Å². The molecule has 0 aliphatic rings. The molecule has 1 heterocycles. The van der Waals surface area contributed by atoms with E-state index in [-0.39, 0.29) is 6.04 Å². The monoisotopic (exact) mass is 241 g/mol. The molecule has 0 radical (unpaired) electrons. The van der Waals surface area contributed by atoms with E-state index in [2.05, 4.69) is 26.0 Å². The standard InChI is InChI=1S/C13H23NOS/c1-4-5-11-6-7-13(16-11)9(2)8-12(15)10(3)14/h6-7,9-10,12,15H,4-5,8,14H2,1-3H3. The van der Waals surface area contributed by atoms with Gasteiger partial charge in [0, 0.05) is 15.8 Å². The third-order valence-corrected chi connectivity index (χ3v) is 4.24. The highest BCUT2D eigenvalue weighted by Gasteiger charge is 2.16. The molecule has 1 rings (SSSR count). The van der Waals surface area contributed by atoms with Crippen LogP contribution in [0.25, 0.3) is 0 Å². The molecule has 0 saturated heterocycles. The Kier molecular flexibility index (Phi) is 5.46. The fourth-order valence-corrected chi connectivity index (χ4v) is 2.91. The molecule has 1 aromatic heterocycles. The SMILES string of the molecule is CCCc1ccc(C(C)CC(O)C(C)N)s1. The first-order valence-corrected chi connectivity index (χ1v) is 6.88. The van der Waals surface area contributed by atoms with Crippen molar-refractivity contribution >= 4 is 11.3 Å². The first-order valence-electron chi connectivity index (χ1n) is 6.06. The highest BCUT2D eigenvalue weighted by molar-refractivity contribution is 7.12. The zero-order valence-electron chi connectivity index (χ0n) is 10.4. The number of rotatable bonds is 6. The van der Waals surface area contributed by atoms with Crippen LogP contribution in [0.1, 0.15) is 49.3 Å². The maximum atomic E-state index is 9.75. The summed E-state index contributed by atoms with van der Waals surface area (Å²) in [6.45, 7) is 6.21. The molecule has 0 amide bonds. The van der Waals surface area contributed by atoms with Gasteiger partial charge in [-0.25, -0.2) is 0 Å². The van der Waals surface area contributed by atoms with Crippen LogP contribution in [0.2, 0.25) is 0 Å². The van der Waals surface area contributed by atoms with E-state index in [1.165, 1.54) is 16.2 Å². The van der Waals surface area contributed by atoms with Crippen LogP contribution in [0.5, 0.6) is 0 Å². The fraction of sp³-hybridized carbons (Fsp3) is 0.692. The normalized spacial score (nSPS) is 17.1. The maximum Gasteiger partial charge on any atom is 0.0694 e. The van der Waals surface area contributed by atoms with Gasteiger partial charge in [-0.05, 0) is 37.8 Å². The lowest BCUT2D eigenvalue weighted by Gasteiger charge is -2.18. The second-order valence-electron chi connectivity index (χ2n) is 4.62. The lowest BCUT2D eigenvalue weighted by atomic mass is 9.98. The third-order valence-electron chi connectivity index (χ3n) is 2.87. The fourth-order valence-electron chi connectivity index (χ4n) is 1.73. The minimum Gasteiger partial charge on any atom is -0.392 e. The molecular formula is C13H23NOS. The number of aryl methyl sites for hydroxylation is 1. The summed E-state index contributed by atoms with van der Waals surface area (Å²) in [6, 6.07) is 4.25. The van der Waals surface area contributed by atoms with Crippen molar-refractivity contribution in [2.75, 3.05) is 0 Å². The second-order valence-corrected chi connectivity index (χ2v) is 5.82. The molecule has 3 N–H and O–H groups in total. The van der Waals surface area contributed by atoms with E-state index in [9.17, 15) is 5.11 Å². The van der Waals surface area contributed by atoms with Crippen LogP contribution in [-0.4, -0.2) is 17.3 Å². The van der Waals surface area contributed by atoms with Crippen LogP contribution in [0.3, 0.4) is 0 Å². The molecule has 0 aliphatic carbocycles. The third kappa shape index (κ3) is 3.89. The van der Waals surface area contributed by atoms with E-state index in [0.29, 0.717) is 5.92 Å². The number of nitrogens with two attached hydrogens (primary N) is 1. The smallest absolute Gasteiger partial charge is 0.0694 e. The molecule has 92 valence electrons. The topological polar surface area (TPSA) is 46.2 Å². The summed E-state index contributed by atoms with van der Waals surface area (Å²) in [5, 5.41) is 9.75. The molecule has 3 unspecified atom stereocenters. The van der Waals surface area contributed by atoms with Crippen LogP contribution < -0.4 is 5.73 Å². The minimum absolute atomic E-state index is 0.141. The first-order chi connectivity index (χ1) is 7.54. The molecule has 1 aromatic rings. The van der Waals surface area contributed by atoms with Gasteiger partial charge in [0.2, 0.25) is 0 Å². The Morgan fingerprint density at radius 3 is 2.62 bits per heavy atom. The van der Waals surface area contributed by atoms with E-state index < -0.39 is 6.10 Å². The summed E-state index contributed by atoms with van der Waals surface area (Å²) >= 11 is 1.87. The van der Waals surface area contributed by atoms with E-state index in [4.69, 9.17) is 5.73 Å². The van der Waals surface area contributed by atoms with E-state index in [1.54, 1.807) is 0 Å². The van der Waals surface area contributed by atoms with Gasteiger partial charge in [0.1, 0.15) is 0 Å². The Labute approximate surface area is 102 Å².